The number of halogens is 3. The van der Waals surface area contributed by atoms with E-state index in [1.165, 1.54) is 18.2 Å². The summed E-state index contributed by atoms with van der Waals surface area (Å²) in [5.74, 6) is -0.0544. The van der Waals surface area contributed by atoms with Gasteiger partial charge >= 0.3 is 0 Å². The molecule has 2 rings (SSSR count). The van der Waals surface area contributed by atoms with Gasteiger partial charge in [-0.1, -0.05) is 0 Å². The summed E-state index contributed by atoms with van der Waals surface area (Å²) < 4.78 is 13.5. The van der Waals surface area contributed by atoms with Crippen LogP contribution in [0.15, 0.2) is 22.7 Å². The van der Waals surface area contributed by atoms with Crippen molar-refractivity contribution in [1.82, 2.24) is 4.90 Å². The predicted octanol–water partition coefficient (Wildman–Crippen LogP) is 2.82. The fourth-order valence-corrected chi connectivity index (χ4v) is 2.93. The van der Waals surface area contributed by atoms with Crippen LogP contribution in [0.3, 0.4) is 0 Å². The molecule has 2 unspecified atom stereocenters. The van der Waals surface area contributed by atoms with E-state index in [4.69, 9.17) is 5.73 Å². The van der Waals surface area contributed by atoms with Crippen molar-refractivity contribution < 1.29 is 9.18 Å². The summed E-state index contributed by atoms with van der Waals surface area (Å²) in [6.45, 7) is 3.30. The first-order chi connectivity index (χ1) is 8.52. The minimum Gasteiger partial charge on any atom is -0.336 e. The zero-order valence-electron chi connectivity index (χ0n) is 10.6. The monoisotopic (exact) mass is 350 g/mol. The molecular weight excluding hydrogens is 335 g/mol. The summed E-state index contributed by atoms with van der Waals surface area (Å²) in [4.78, 5) is 14.2. The third-order valence-corrected chi connectivity index (χ3v) is 4.07. The molecule has 1 aromatic rings. The smallest absolute Gasteiger partial charge is 0.255 e. The molecule has 0 saturated carbocycles. The lowest BCUT2D eigenvalue weighted by atomic mass is 10.1. The highest BCUT2D eigenvalue weighted by atomic mass is 79.9. The molecule has 1 aliphatic heterocycles. The molecule has 0 aliphatic carbocycles. The van der Waals surface area contributed by atoms with Gasteiger partial charge in [-0.25, -0.2) is 4.39 Å². The van der Waals surface area contributed by atoms with Crippen molar-refractivity contribution in [2.24, 2.45) is 11.7 Å². The van der Waals surface area contributed by atoms with Crippen molar-refractivity contribution >= 4 is 34.2 Å². The summed E-state index contributed by atoms with van der Waals surface area (Å²) >= 11 is 3.23. The summed E-state index contributed by atoms with van der Waals surface area (Å²) in [7, 11) is 0. The van der Waals surface area contributed by atoms with Gasteiger partial charge in [0.25, 0.3) is 5.91 Å². The van der Waals surface area contributed by atoms with Crippen LogP contribution in [0.25, 0.3) is 0 Å². The highest BCUT2D eigenvalue weighted by Gasteiger charge is 2.32. The highest BCUT2D eigenvalue weighted by Crippen LogP contribution is 2.27. The number of carbonyl (C=O) groups is 1. The largest absolute Gasteiger partial charge is 0.336 e. The Morgan fingerprint density at radius 3 is 2.79 bits per heavy atom. The van der Waals surface area contributed by atoms with Crippen LogP contribution in [0.2, 0.25) is 0 Å². The van der Waals surface area contributed by atoms with Crippen LogP contribution in [0.5, 0.6) is 0 Å². The number of hydrogen-bond donors (Lipinski definition) is 1. The van der Waals surface area contributed by atoms with Crippen LogP contribution in [0.1, 0.15) is 23.7 Å². The molecule has 1 aliphatic rings. The maximum atomic E-state index is 13.0. The van der Waals surface area contributed by atoms with Gasteiger partial charge in [0, 0.05) is 17.1 Å². The fraction of sp³-hybridized carbons (Fsp3) is 0.462. The van der Waals surface area contributed by atoms with Crippen LogP contribution >= 0.6 is 28.3 Å². The topological polar surface area (TPSA) is 46.3 Å². The number of rotatable bonds is 2. The molecule has 1 heterocycles. The predicted molar refractivity (Wildman–Crippen MR) is 79.0 cm³/mol. The molecule has 106 valence electrons. The van der Waals surface area contributed by atoms with Gasteiger partial charge in [0.2, 0.25) is 0 Å². The lowest BCUT2D eigenvalue weighted by Crippen LogP contribution is -2.34. The third kappa shape index (κ3) is 3.46. The van der Waals surface area contributed by atoms with Gasteiger partial charge in [0.1, 0.15) is 5.82 Å². The van der Waals surface area contributed by atoms with E-state index in [2.05, 4.69) is 15.9 Å². The molecule has 0 radical (unpaired) electrons. The molecule has 0 aromatic heterocycles. The van der Waals surface area contributed by atoms with Crippen LogP contribution in [-0.2, 0) is 0 Å². The van der Waals surface area contributed by atoms with E-state index in [0.717, 1.165) is 6.42 Å². The van der Waals surface area contributed by atoms with Crippen molar-refractivity contribution in [3.05, 3.63) is 34.1 Å². The van der Waals surface area contributed by atoms with Crippen LogP contribution in [0, 0.1) is 11.7 Å². The van der Waals surface area contributed by atoms with Gasteiger partial charge in [0.05, 0.1) is 5.56 Å². The molecule has 1 aromatic carbocycles. The van der Waals surface area contributed by atoms with Crippen molar-refractivity contribution in [2.45, 2.75) is 19.4 Å². The number of benzene rings is 1. The second-order valence-electron chi connectivity index (χ2n) is 4.77. The van der Waals surface area contributed by atoms with Gasteiger partial charge in [-0.05, 0) is 59.9 Å². The van der Waals surface area contributed by atoms with E-state index < -0.39 is 0 Å². The van der Waals surface area contributed by atoms with Gasteiger partial charge in [-0.15, -0.1) is 12.4 Å². The molecule has 2 atom stereocenters. The first kappa shape index (κ1) is 16.4. The van der Waals surface area contributed by atoms with Crippen LogP contribution in [-0.4, -0.2) is 29.9 Å². The van der Waals surface area contributed by atoms with E-state index in [1.54, 1.807) is 0 Å². The number of amides is 1. The number of likely N-dealkylation sites (tertiary alicyclic amines) is 1. The molecule has 6 heteroatoms. The number of carbonyl (C=O) groups excluding carboxylic acids is 1. The van der Waals surface area contributed by atoms with E-state index in [0.29, 0.717) is 29.0 Å². The molecule has 1 amide bonds. The number of nitrogens with two attached hydrogens (primary N) is 1. The van der Waals surface area contributed by atoms with Crippen molar-refractivity contribution in [1.29, 1.82) is 0 Å². The van der Waals surface area contributed by atoms with Gasteiger partial charge < -0.3 is 10.6 Å². The molecule has 1 saturated heterocycles. The number of hydrogen-bond acceptors (Lipinski definition) is 2. The highest BCUT2D eigenvalue weighted by molar-refractivity contribution is 9.10. The summed E-state index contributed by atoms with van der Waals surface area (Å²) in [6, 6.07) is 4.32. The minimum atomic E-state index is -0.354. The lowest BCUT2D eigenvalue weighted by Gasteiger charge is -2.22. The minimum absolute atomic E-state index is 0. The first-order valence-corrected chi connectivity index (χ1v) is 6.78. The Morgan fingerprint density at radius 1 is 1.58 bits per heavy atom. The molecule has 1 fully saturated rings. The quantitative estimate of drug-likeness (QED) is 0.890. The Hall–Kier alpha value is -0.650. The molecule has 19 heavy (non-hydrogen) atoms. The van der Waals surface area contributed by atoms with Crippen molar-refractivity contribution in [2.75, 3.05) is 13.1 Å². The Morgan fingerprint density at radius 2 is 2.26 bits per heavy atom. The summed E-state index contributed by atoms with van der Waals surface area (Å²) in [5.41, 5.74) is 6.15. The molecule has 0 bridgehead atoms. The second kappa shape index (κ2) is 6.68. The average Bonchev–Trinajstić information content (AvgIpc) is 2.70. The second-order valence-corrected chi connectivity index (χ2v) is 5.62. The third-order valence-electron chi connectivity index (χ3n) is 3.42. The lowest BCUT2D eigenvalue weighted by molar-refractivity contribution is 0.0742. The van der Waals surface area contributed by atoms with Gasteiger partial charge in [-0.3, -0.25) is 4.79 Å². The van der Waals surface area contributed by atoms with Crippen molar-refractivity contribution in [3.8, 4) is 0 Å². The first-order valence-electron chi connectivity index (χ1n) is 5.99. The average molecular weight is 352 g/mol. The standard InChI is InChI=1S/C13H16BrFN2O.ClH/c1-8-4-9(6-16)7-17(8)13(18)11-3-2-10(15)5-12(11)14;/h2-3,5,8-9H,4,6-7,16H2,1H3;1H. The molecule has 0 spiro atoms. The molecule has 3 nitrogen and oxygen atoms in total. The van der Waals surface area contributed by atoms with Crippen LogP contribution in [0.4, 0.5) is 4.39 Å². The Kier molecular flexibility index (Phi) is 5.77. The zero-order chi connectivity index (χ0) is 13.3. The SMILES string of the molecule is CC1CC(CN)CN1C(=O)c1ccc(F)cc1Br.Cl. The summed E-state index contributed by atoms with van der Waals surface area (Å²) in [5, 5.41) is 0. The zero-order valence-corrected chi connectivity index (χ0v) is 13.0. The Balaban J connectivity index is 0.00000180. The van der Waals surface area contributed by atoms with E-state index in [1.807, 2.05) is 11.8 Å². The van der Waals surface area contributed by atoms with Gasteiger partial charge in [0.15, 0.2) is 0 Å². The van der Waals surface area contributed by atoms with E-state index in [-0.39, 0.29) is 30.2 Å². The number of nitrogens with zero attached hydrogens (tertiary/aromatic N) is 1. The molecular formula is C13H17BrClFN2O. The normalized spacial score (nSPS) is 22.2. The Bertz CT molecular complexity index is 472. The van der Waals surface area contributed by atoms with Crippen LogP contribution < -0.4 is 5.73 Å². The van der Waals surface area contributed by atoms with Crippen molar-refractivity contribution in [3.63, 3.8) is 0 Å². The van der Waals surface area contributed by atoms with Gasteiger partial charge in [-0.2, -0.15) is 0 Å². The van der Waals surface area contributed by atoms with E-state index >= 15 is 0 Å². The fourth-order valence-electron chi connectivity index (χ4n) is 2.41. The summed E-state index contributed by atoms with van der Waals surface area (Å²) in [6.07, 6.45) is 0.932. The molecule has 2 N–H and O–H groups in total. The Labute approximate surface area is 126 Å². The maximum Gasteiger partial charge on any atom is 0.255 e. The van der Waals surface area contributed by atoms with E-state index in [9.17, 15) is 9.18 Å². The maximum absolute atomic E-state index is 13.0.